The number of benzene rings is 1. The summed E-state index contributed by atoms with van der Waals surface area (Å²) in [5, 5.41) is 2.97. The summed E-state index contributed by atoms with van der Waals surface area (Å²) in [5.41, 5.74) is 1.46. The molecule has 0 aliphatic carbocycles. The van der Waals surface area contributed by atoms with Crippen LogP contribution in [0.25, 0.3) is 0 Å². The van der Waals surface area contributed by atoms with Gasteiger partial charge in [-0.15, -0.1) is 0 Å². The van der Waals surface area contributed by atoms with Crippen molar-refractivity contribution in [3.8, 4) is 0 Å². The van der Waals surface area contributed by atoms with Gasteiger partial charge in [-0.3, -0.25) is 4.79 Å². The van der Waals surface area contributed by atoms with Gasteiger partial charge in [-0.05, 0) is 37.5 Å². The van der Waals surface area contributed by atoms with Gasteiger partial charge in [-0.1, -0.05) is 13.8 Å². The molecule has 1 aromatic carbocycles. The first-order valence-corrected chi connectivity index (χ1v) is 11.2. The molecule has 2 saturated heterocycles. The third-order valence-electron chi connectivity index (χ3n) is 5.32. The molecule has 8 heteroatoms. The number of hydrogen-bond donors (Lipinski definition) is 1. The zero-order valence-corrected chi connectivity index (χ0v) is 16.9. The Kier molecular flexibility index (Phi) is 6.39. The molecule has 0 spiro atoms. The zero-order chi connectivity index (χ0) is 19.4. The van der Waals surface area contributed by atoms with Crippen LogP contribution in [0.4, 0.5) is 11.4 Å². The largest absolute Gasteiger partial charge is 0.381 e. The molecule has 1 N–H and O–H groups in total. The van der Waals surface area contributed by atoms with E-state index in [1.165, 1.54) is 4.31 Å². The van der Waals surface area contributed by atoms with E-state index >= 15 is 0 Å². The van der Waals surface area contributed by atoms with E-state index in [2.05, 4.69) is 10.2 Å². The van der Waals surface area contributed by atoms with Crippen LogP contribution in [0.15, 0.2) is 23.1 Å². The number of carbonyl (C=O) groups is 1. The third-order valence-corrected chi connectivity index (χ3v) is 7.36. The van der Waals surface area contributed by atoms with Crippen LogP contribution in [-0.4, -0.2) is 58.0 Å². The van der Waals surface area contributed by atoms with Gasteiger partial charge in [0.1, 0.15) is 0 Å². The number of hydrogen-bond acceptors (Lipinski definition) is 5. The van der Waals surface area contributed by atoms with Gasteiger partial charge in [-0.2, -0.15) is 4.31 Å². The minimum absolute atomic E-state index is 0.106. The summed E-state index contributed by atoms with van der Waals surface area (Å²) in [5.74, 6) is -0.287. The molecule has 2 heterocycles. The Balaban J connectivity index is 1.94. The summed E-state index contributed by atoms with van der Waals surface area (Å²) < 4.78 is 32.5. The molecule has 7 nitrogen and oxygen atoms in total. The van der Waals surface area contributed by atoms with Gasteiger partial charge >= 0.3 is 0 Å². The molecule has 1 unspecified atom stereocenters. The fraction of sp³-hybridized carbons (Fsp3) is 0.632. The van der Waals surface area contributed by atoms with Gasteiger partial charge in [0.2, 0.25) is 15.9 Å². The molecule has 0 bridgehead atoms. The Bertz CT molecular complexity index is 765. The van der Waals surface area contributed by atoms with Crippen LogP contribution in [0.1, 0.15) is 33.1 Å². The molecule has 1 aromatic rings. The van der Waals surface area contributed by atoms with E-state index in [0.717, 1.165) is 31.6 Å². The first kappa shape index (κ1) is 20.1. The van der Waals surface area contributed by atoms with Crippen molar-refractivity contribution in [1.82, 2.24) is 4.31 Å². The lowest BCUT2D eigenvalue weighted by atomic mass is 10.1. The lowest BCUT2D eigenvalue weighted by molar-refractivity contribution is -0.119. The number of nitrogens with one attached hydrogen (secondary N) is 1. The molecule has 2 aliphatic heterocycles. The van der Waals surface area contributed by atoms with Gasteiger partial charge in [0.05, 0.1) is 28.8 Å². The smallest absolute Gasteiger partial charge is 0.243 e. The van der Waals surface area contributed by atoms with E-state index in [4.69, 9.17) is 4.74 Å². The highest BCUT2D eigenvalue weighted by molar-refractivity contribution is 7.89. The standard InChI is InChI=1S/C19H29N3O4S/c1-3-22(4-2)27(24,25)16-7-8-18(21-10-5-6-11-21)17(13-16)20-19(23)15-9-12-26-14-15/h7-8,13,15H,3-6,9-12,14H2,1-2H3,(H,20,23). The number of nitrogens with zero attached hydrogens (tertiary/aromatic N) is 2. The van der Waals surface area contributed by atoms with Gasteiger partial charge in [0.25, 0.3) is 0 Å². The van der Waals surface area contributed by atoms with Crippen molar-refractivity contribution in [1.29, 1.82) is 0 Å². The molecule has 1 atom stereocenters. The Morgan fingerprint density at radius 3 is 2.56 bits per heavy atom. The van der Waals surface area contributed by atoms with E-state index in [-0.39, 0.29) is 16.7 Å². The second-order valence-corrected chi connectivity index (χ2v) is 8.95. The van der Waals surface area contributed by atoms with Gasteiger partial charge < -0.3 is 15.0 Å². The lowest BCUT2D eigenvalue weighted by Crippen LogP contribution is -2.31. The third kappa shape index (κ3) is 4.28. The monoisotopic (exact) mass is 395 g/mol. The Morgan fingerprint density at radius 2 is 1.96 bits per heavy atom. The van der Waals surface area contributed by atoms with Gasteiger partial charge in [-0.25, -0.2) is 8.42 Å². The average molecular weight is 396 g/mol. The van der Waals surface area contributed by atoms with Crippen LogP contribution < -0.4 is 10.2 Å². The summed E-state index contributed by atoms with van der Waals surface area (Å²) >= 11 is 0. The first-order valence-electron chi connectivity index (χ1n) is 9.75. The van der Waals surface area contributed by atoms with Crippen LogP contribution >= 0.6 is 0 Å². The maximum atomic E-state index is 12.9. The second-order valence-electron chi connectivity index (χ2n) is 7.01. The molecule has 2 fully saturated rings. The molecule has 27 heavy (non-hydrogen) atoms. The quantitative estimate of drug-likeness (QED) is 0.766. The van der Waals surface area contributed by atoms with Crippen LogP contribution in [0.5, 0.6) is 0 Å². The maximum absolute atomic E-state index is 12.9. The van der Waals surface area contributed by atoms with Crippen molar-refractivity contribution in [2.24, 2.45) is 5.92 Å². The molecule has 0 saturated carbocycles. The van der Waals surface area contributed by atoms with Crippen molar-refractivity contribution in [3.63, 3.8) is 0 Å². The molecular weight excluding hydrogens is 366 g/mol. The normalized spacial score (nSPS) is 20.4. The fourth-order valence-electron chi connectivity index (χ4n) is 3.70. The Hall–Kier alpha value is -1.64. The zero-order valence-electron chi connectivity index (χ0n) is 16.1. The predicted molar refractivity (Wildman–Crippen MR) is 106 cm³/mol. The molecule has 3 rings (SSSR count). The fourth-order valence-corrected chi connectivity index (χ4v) is 5.18. The predicted octanol–water partition coefficient (Wildman–Crippen LogP) is 2.29. The molecule has 0 aromatic heterocycles. The summed E-state index contributed by atoms with van der Waals surface area (Å²) in [4.78, 5) is 15.0. The number of sulfonamides is 1. The van der Waals surface area contributed by atoms with Gasteiger partial charge in [0, 0.05) is 32.8 Å². The molecule has 150 valence electrons. The Morgan fingerprint density at radius 1 is 1.26 bits per heavy atom. The highest BCUT2D eigenvalue weighted by atomic mass is 32.2. The molecule has 1 amide bonds. The van der Waals surface area contributed by atoms with Crippen molar-refractivity contribution in [2.75, 3.05) is 49.6 Å². The molecular formula is C19H29N3O4S. The van der Waals surface area contributed by atoms with E-state index in [1.54, 1.807) is 12.1 Å². The summed E-state index contributed by atoms with van der Waals surface area (Å²) in [6.45, 7) is 7.30. The van der Waals surface area contributed by atoms with Crippen molar-refractivity contribution >= 4 is 27.3 Å². The number of amides is 1. The van der Waals surface area contributed by atoms with Crippen LogP contribution in [0, 0.1) is 5.92 Å². The number of carbonyl (C=O) groups excluding carboxylic acids is 1. The summed E-state index contributed by atoms with van der Waals surface area (Å²) in [6.07, 6.45) is 2.90. The maximum Gasteiger partial charge on any atom is 0.243 e. The van der Waals surface area contributed by atoms with E-state index in [9.17, 15) is 13.2 Å². The molecule has 2 aliphatic rings. The van der Waals surface area contributed by atoms with E-state index < -0.39 is 10.0 Å². The lowest BCUT2D eigenvalue weighted by Gasteiger charge is -2.24. The number of rotatable bonds is 7. The van der Waals surface area contributed by atoms with Crippen LogP contribution in [0.3, 0.4) is 0 Å². The van der Waals surface area contributed by atoms with Crippen molar-refractivity contribution in [3.05, 3.63) is 18.2 Å². The van der Waals surface area contributed by atoms with Crippen molar-refractivity contribution < 1.29 is 17.9 Å². The minimum Gasteiger partial charge on any atom is -0.381 e. The highest BCUT2D eigenvalue weighted by Gasteiger charge is 2.27. The SMILES string of the molecule is CCN(CC)S(=O)(=O)c1ccc(N2CCCC2)c(NC(=O)C2CCOC2)c1. The number of ether oxygens (including phenoxy) is 1. The van der Waals surface area contributed by atoms with Crippen molar-refractivity contribution in [2.45, 2.75) is 38.0 Å². The molecule has 0 radical (unpaired) electrons. The first-order chi connectivity index (χ1) is 13.0. The van der Waals surface area contributed by atoms with Crippen LogP contribution in [0.2, 0.25) is 0 Å². The Labute approximate surface area is 161 Å². The van der Waals surface area contributed by atoms with Crippen LogP contribution in [-0.2, 0) is 19.6 Å². The number of anilines is 2. The average Bonchev–Trinajstić information content (AvgIpc) is 3.36. The minimum atomic E-state index is -3.58. The summed E-state index contributed by atoms with van der Waals surface area (Å²) in [6, 6.07) is 5.08. The van der Waals surface area contributed by atoms with E-state index in [1.807, 2.05) is 19.9 Å². The van der Waals surface area contributed by atoms with E-state index in [0.29, 0.717) is 38.4 Å². The second kappa shape index (κ2) is 8.58. The van der Waals surface area contributed by atoms with Gasteiger partial charge in [0.15, 0.2) is 0 Å². The highest BCUT2D eigenvalue weighted by Crippen LogP contribution is 2.33. The summed E-state index contributed by atoms with van der Waals surface area (Å²) in [7, 11) is -3.58. The topological polar surface area (TPSA) is 79.0 Å².